The van der Waals surface area contributed by atoms with Crippen molar-refractivity contribution in [3.05, 3.63) is 10.6 Å². The first-order valence-electron chi connectivity index (χ1n) is 6.85. The van der Waals surface area contributed by atoms with E-state index in [1.54, 1.807) is 0 Å². The standard InChI is InChI=1S/C12H19N3O2S2/c16-19(17,8-9-4-3-7-13-9)15-12-14-10-5-1-2-6-11(10)18-12/h9,13H,1-8H2,(H,14,15). The zero-order chi connectivity index (χ0) is 13.3. The first-order chi connectivity index (χ1) is 9.12. The smallest absolute Gasteiger partial charge is 0.236 e. The Labute approximate surface area is 117 Å². The number of hydrogen-bond acceptors (Lipinski definition) is 5. The van der Waals surface area contributed by atoms with Gasteiger partial charge >= 0.3 is 0 Å². The van der Waals surface area contributed by atoms with Gasteiger partial charge < -0.3 is 5.32 Å². The van der Waals surface area contributed by atoms with E-state index < -0.39 is 10.0 Å². The number of rotatable bonds is 4. The second-order valence-electron chi connectivity index (χ2n) is 5.27. The summed E-state index contributed by atoms with van der Waals surface area (Å²) in [4.78, 5) is 5.67. The number of anilines is 1. The van der Waals surface area contributed by atoms with E-state index in [2.05, 4.69) is 15.0 Å². The molecule has 5 nitrogen and oxygen atoms in total. The maximum absolute atomic E-state index is 12.1. The van der Waals surface area contributed by atoms with Gasteiger partial charge in [-0.25, -0.2) is 13.4 Å². The Bertz CT molecular complexity index is 524. The molecule has 0 spiro atoms. The highest BCUT2D eigenvalue weighted by Gasteiger charge is 2.24. The summed E-state index contributed by atoms with van der Waals surface area (Å²) in [5.41, 5.74) is 1.09. The van der Waals surface area contributed by atoms with Gasteiger partial charge in [-0.05, 0) is 45.1 Å². The van der Waals surface area contributed by atoms with E-state index in [-0.39, 0.29) is 11.8 Å². The van der Waals surface area contributed by atoms with E-state index in [1.807, 2.05) is 0 Å². The molecule has 1 fully saturated rings. The molecule has 0 amide bonds. The molecule has 3 rings (SSSR count). The number of fused-ring (bicyclic) bond motifs is 1. The van der Waals surface area contributed by atoms with E-state index in [4.69, 9.17) is 0 Å². The van der Waals surface area contributed by atoms with Crippen LogP contribution >= 0.6 is 11.3 Å². The lowest BCUT2D eigenvalue weighted by Gasteiger charge is -2.10. The summed E-state index contributed by atoms with van der Waals surface area (Å²) >= 11 is 1.50. The van der Waals surface area contributed by atoms with E-state index in [1.165, 1.54) is 22.6 Å². The molecule has 0 bridgehead atoms. The van der Waals surface area contributed by atoms with E-state index >= 15 is 0 Å². The van der Waals surface area contributed by atoms with E-state index in [0.29, 0.717) is 5.13 Å². The SMILES string of the molecule is O=S(=O)(CC1CCCN1)Nc1nc2c(s1)CCCC2. The van der Waals surface area contributed by atoms with E-state index in [9.17, 15) is 8.42 Å². The number of nitrogens with one attached hydrogen (secondary N) is 2. The monoisotopic (exact) mass is 301 g/mol. The van der Waals surface area contributed by atoms with Crippen molar-refractivity contribution in [2.45, 2.75) is 44.6 Å². The molecule has 1 aliphatic carbocycles. The van der Waals surface area contributed by atoms with Gasteiger partial charge in [-0.1, -0.05) is 0 Å². The molecule has 1 aromatic heterocycles. The van der Waals surface area contributed by atoms with Crippen LogP contribution in [-0.4, -0.2) is 31.7 Å². The lowest BCUT2D eigenvalue weighted by Crippen LogP contribution is -2.32. The van der Waals surface area contributed by atoms with Gasteiger partial charge in [-0.15, -0.1) is 11.3 Å². The molecule has 2 heterocycles. The molecule has 0 saturated carbocycles. The van der Waals surface area contributed by atoms with Crippen LogP contribution in [0.15, 0.2) is 0 Å². The van der Waals surface area contributed by atoms with E-state index in [0.717, 1.165) is 44.3 Å². The summed E-state index contributed by atoms with van der Waals surface area (Å²) in [5.74, 6) is 0.150. The molecular formula is C12H19N3O2S2. The van der Waals surface area contributed by atoms with Crippen LogP contribution in [0.25, 0.3) is 0 Å². The van der Waals surface area contributed by atoms with Crippen LogP contribution in [0.1, 0.15) is 36.3 Å². The van der Waals surface area contributed by atoms with Crippen molar-refractivity contribution >= 4 is 26.5 Å². The Kier molecular flexibility index (Phi) is 3.77. The van der Waals surface area contributed by atoms with Crippen molar-refractivity contribution in [1.29, 1.82) is 0 Å². The predicted octanol–water partition coefficient (Wildman–Crippen LogP) is 1.52. The molecule has 1 saturated heterocycles. The second-order valence-corrected chi connectivity index (χ2v) is 8.12. The third-order valence-corrected chi connectivity index (χ3v) is 6.22. The molecule has 1 aliphatic heterocycles. The van der Waals surface area contributed by atoms with Crippen molar-refractivity contribution in [2.24, 2.45) is 0 Å². The van der Waals surface area contributed by atoms with Crippen LogP contribution in [0.5, 0.6) is 0 Å². The molecule has 2 N–H and O–H groups in total. The van der Waals surface area contributed by atoms with Crippen molar-refractivity contribution in [2.75, 3.05) is 17.0 Å². The lowest BCUT2D eigenvalue weighted by molar-refractivity contribution is 0.581. The first kappa shape index (κ1) is 13.3. The summed E-state index contributed by atoms with van der Waals surface area (Å²) in [6.45, 7) is 0.922. The van der Waals surface area contributed by atoms with Gasteiger partial charge in [0.2, 0.25) is 10.0 Å². The average molecular weight is 301 g/mol. The third-order valence-electron chi connectivity index (χ3n) is 3.67. The molecule has 1 atom stereocenters. The van der Waals surface area contributed by atoms with Crippen LogP contribution in [-0.2, 0) is 22.9 Å². The molecule has 0 radical (unpaired) electrons. The number of aryl methyl sites for hydroxylation is 2. The molecular weight excluding hydrogens is 282 g/mol. The Morgan fingerprint density at radius 2 is 2.16 bits per heavy atom. The van der Waals surface area contributed by atoms with Gasteiger partial charge in [-0.2, -0.15) is 0 Å². The van der Waals surface area contributed by atoms with Crippen LogP contribution in [0.2, 0.25) is 0 Å². The van der Waals surface area contributed by atoms with Gasteiger partial charge in [0, 0.05) is 10.9 Å². The lowest BCUT2D eigenvalue weighted by atomic mass is 10.0. The summed E-state index contributed by atoms with van der Waals surface area (Å²) in [6.07, 6.45) is 6.37. The van der Waals surface area contributed by atoms with Crippen molar-refractivity contribution < 1.29 is 8.42 Å². The number of nitrogens with zero attached hydrogens (tertiary/aromatic N) is 1. The van der Waals surface area contributed by atoms with Crippen molar-refractivity contribution in [1.82, 2.24) is 10.3 Å². The average Bonchev–Trinajstić information content (AvgIpc) is 2.95. The number of hydrogen-bond donors (Lipinski definition) is 2. The Balaban J connectivity index is 1.67. The fraction of sp³-hybridized carbons (Fsp3) is 0.750. The fourth-order valence-electron chi connectivity index (χ4n) is 2.73. The summed E-state index contributed by atoms with van der Waals surface area (Å²) in [6, 6.07) is 0.0899. The molecule has 19 heavy (non-hydrogen) atoms. The minimum Gasteiger partial charge on any atom is -0.313 e. The fourth-order valence-corrected chi connectivity index (χ4v) is 5.39. The third kappa shape index (κ3) is 3.27. The van der Waals surface area contributed by atoms with Gasteiger partial charge in [0.1, 0.15) is 0 Å². The largest absolute Gasteiger partial charge is 0.313 e. The Morgan fingerprint density at radius 3 is 2.89 bits per heavy atom. The Hall–Kier alpha value is -0.660. The van der Waals surface area contributed by atoms with Crippen LogP contribution in [0.3, 0.4) is 0 Å². The number of aromatic nitrogens is 1. The zero-order valence-corrected chi connectivity index (χ0v) is 12.4. The Morgan fingerprint density at radius 1 is 1.32 bits per heavy atom. The second kappa shape index (κ2) is 5.38. The highest BCUT2D eigenvalue weighted by Crippen LogP contribution is 2.30. The summed E-state index contributed by atoms with van der Waals surface area (Å²) < 4.78 is 26.8. The molecule has 0 aromatic carbocycles. The predicted molar refractivity (Wildman–Crippen MR) is 77.2 cm³/mol. The van der Waals surface area contributed by atoms with Gasteiger partial charge in [-0.3, -0.25) is 4.72 Å². The maximum Gasteiger partial charge on any atom is 0.236 e. The molecule has 7 heteroatoms. The summed E-state index contributed by atoms with van der Waals surface area (Å²) in [5, 5.41) is 3.76. The van der Waals surface area contributed by atoms with Crippen molar-refractivity contribution in [3.8, 4) is 0 Å². The quantitative estimate of drug-likeness (QED) is 0.884. The van der Waals surface area contributed by atoms with Gasteiger partial charge in [0.15, 0.2) is 5.13 Å². The summed E-state index contributed by atoms with van der Waals surface area (Å²) in [7, 11) is -3.28. The minimum atomic E-state index is -3.28. The first-order valence-corrected chi connectivity index (χ1v) is 9.32. The highest BCUT2D eigenvalue weighted by molar-refractivity contribution is 7.92. The maximum atomic E-state index is 12.1. The number of thiazole rings is 1. The van der Waals surface area contributed by atoms with Crippen LogP contribution in [0.4, 0.5) is 5.13 Å². The zero-order valence-electron chi connectivity index (χ0n) is 10.8. The van der Waals surface area contributed by atoms with Crippen LogP contribution < -0.4 is 10.0 Å². The molecule has 106 valence electrons. The topological polar surface area (TPSA) is 71.1 Å². The molecule has 1 aromatic rings. The van der Waals surface area contributed by atoms with Gasteiger partial charge in [0.05, 0.1) is 11.4 Å². The van der Waals surface area contributed by atoms with Crippen LogP contribution in [0, 0.1) is 0 Å². The number of sulfonamides is 1. The van der Waals surface area contributed by atoms with Gasteiger partial charge in [0.25, 0.3) is 0 Å². The molecule has 1 unspecified atom stereocenters. The minimum absolute atomic E-state index is 0.0899. The normalized spacial score (nSPS) is 23.3. The highest BCUT2D eigenvalue weighted by atomic mass is 32.2. The van der Waals surface area contributed by atoms with Crippen molar-refractivity contribution in [3.63, 3.8) is 0 Å². The molecule has 2 aliphatic rings.